The molecule has 1 fully saturated rings. The molecule has 0 radical (unpaired) electrons. The molecule has 1 saturated carbocycles. The highest BCUT2D eigenvalue weighted by Gasteiger charge is 2.20. The Hall–Kier alpha value is -1.55. The van der Waals surface area contributed by atoms with Gasteiger partial charge in [0.1, 0.15) is 5.75 Å². The molecule has 1 aliphatic rings. The smallest absolute Gasteiger partial charge is 0.307 e. The summed E-state index contributed by atoms with van der Waals surface area (Å²) in [4.78, 5) is 11.2. The van der Waals surface area contributed by atoms with E-state index in [1.54, 1.807) is 0 Å². The monoisotopic (exact) mass is 291 g/mol. The van der Waals surface area contributed by atoms with E-state index >= 15 is 0 Å². The number of ether oxygens (including phenoxy) is 2. The zero-order chi connectivity index (χ0) is 14.9. The van der Waals surface area contributed by atoms with Gasteiger partial charge in [0.15, 0.2) is 0 Å². The summed E-state index contributed by atoms with van der Waals surface area (Å²) in [5.41, 5.74) is 1.19. The Morgan fingerprint density at radius 1 is 1.29 bits per heavy atom. The van der Waals surface area contributed by atoms with Crippen LogP contribution in [0.5, 0.6) is 5.75 Å². The van der Waals surface area contributed by atoms with Crippen LogP contribution in [0.3, 0.4) is 0 Å². The van der Waals surface area contributed by atoms with Gasteiger partial charge in [0.05, 0.1) is 19.6 Å². The molecule has 1 aromatic carbocycles. The van der Waals surface area contributed by atoms with E-state index in [0.717, 1.165) is 24.8 Å². The van der Waals surface area contributed by atoms with E-state index in [1.807, 2.05) is 19.1 Å². The lowest BCUT2D eigenvalue weighted by Gasteiger charge is -2.08. The second-order valence-electron chi connectivity index (χ2n) is 5.46. The molecule has 0 unspecified atom stereocenters. The average molecular weight is 291 g/mol. The van der Waals surface area contributed by atoms with Crippen LogP contribution in [-0.2, 0) is 16.1 Å². The molecule has 116 valence electrons. The summed E-state index contributed by atoms with van der Waals surface area (Å²) in [6.07, 6.45) is 4.34. The van der Waals surface area contributed by atoms with Crippen molar-refractivity contribution >= 4 is 5.97 Å². The van der Waals surface area contributed by atoms with E-state index in [0.29, 0.717) is 19.6 Å². The number of benzene rings is 1. The molecule has 1 aliphatic carbocycles. The fourth-order valence-electron chi connectivity index (χ4n) is 2.11. The maximum absolute atomic E-state index is 11.2. The lowest BCUT2D eigenvalue weighted by atomic mass is 10.2. The standard InChI is InChI=1S/C17H25NO3/c1-2-20-17(19)9-11-18-13-15-5-7-16(8-6-15)21-12-10-14-3-4-14/h5-8,14,18H,2-4,9-13H2,1H3. The molecular weight excluding hydrogens is 266 g/mol. The third-order valence-corrected chi connectivity index (χ3v) is 3.56. The lowest BCUT2D eigenvalue weighted by molar-refractivity contribution is -0.142. The van der Waals surface area contributed by atoms with Crippen molar-refractivity contribution in [2.24, 2.45) is 5.92 Å². The minimum Gasteiger partial charge on any atom is -0.494 e. The van der Waals surface area contributed by atoms with Gasteiger partial charge in [0, 0.05) is 13.1 Å². The van der Waals surface area contributed by atoms with Gasteiger partial charge >= 0.3 is 5.97 Å². The third-order valence-electron chi connectivity index (χ3n) is 3.56. The molecule has 1 aromatic rings. The lowest BCUT2D eigenvalue weighted by Crippen LogP contribution is -2.19. The molecule has 0 aliphatic heterocycles. The highest BCUT2D eigenvalue weighted by atomic mass is 16.5. The van der Waals surface area contributed by atoms with Crippen molar-refractivity contribution in [1.82, 2.24) is 5.32 Å². The first-order valence-corrected chi connectivity index (χ1v) is 7.86. The Morgan fingerprint density at radius 3 is 2.71 bits per heavy atom. The van der Waals surface area contributed by atoms with E-state index in [2.05, 4.69) is 17.4 Å². The normalized spacial score (nSPS) is 14.0. The quantitative estimate of drug-likeness (QED) is 0.532. The Balaban J connectivity index is 1.59. The van der Waals surface area contributed by atoms with E-state index < -0.39 is 0 Å². The van der Waals surface area contributed by atoms with E-state index in [-0.39, 0.29) is 5.97 Å². The molecule has 2 rings (SSSR count). The molecular formula is C17H25NO3. The number of carbonyl (C=O) groups is 1. The van der Waals surface area contributed by atoms with Gasteiger partial charge in [0.2, 0.25) is 0 Å². The Morgan fingerprint density at radius 2 is 2.05 bits per heavy atom. The predicted octanol–water partition coefficient (Wildman–Crippen LogP) is 2.91. The third kappa shape index (κ3) is 6.63. The van der Waals surface area contributed by atoms with Gasteiger partial charge in [-0.25, -0.2) is 0 Å². The van der Waals surface area contributed by atoms with Gasteiger partial charge in [-0.2, -0.15) is 0 Å². The second kappa shape index (κ2) is 8.67. The summed E-state index contributed by atoms with van der Waals surface area (Å²) >= 11 is 0. The van der Waals surface area contributed by atoms with Gasteiger partial charge in [0.25, 0.3) is 0 Å². The van der Waals surface area contributed by atoms with Gasteiger partial charge in [-0.1, -0.05) is 25.0 Å². The second-order valence-corrected chi connectivity index (χ2v) is 5.46. The topological polar surface area (TPSA) is 47.6 Å². The first kappa shape index (κ1) is 15.8. The van der Waals surface area contributed by atoms with Gasteiger partial charge < -0.3 is 14.8 Å². The molecule has 0 atom stereocenters. The highest BCUT2D eigenvalue weighted by Crippen LogP contribution is 2.32. The predicted molar refractivity (Wildman–Crippen MR) is 82.2 cm³/mol. The van der Waals surface area contributed by atoms with Crippen molar-refractivity contribution in [2.45, 2.75) is 39.2 Å². The number of carbonyl (C=O) groups excluding carboxylic acids is 1. The first-order chi connectivity index (χ1) is 10.3. The summed E-state index contributed by atoms with van der Waals surface area (Å²) < 4.78 is 10.6. The fraction of sp³-hybridized carbons (Fsp3) is 0.588. The first-order valence-electron chi connectivity index (χ1n) is 7.86. The molecule has 0 aromatic heterocycles. The van der Waals surface area contributed by atoms with Crippen molar-refractivity contribution in [3.05, 3.63) is 29.8 Å². The molecule has 21 heavy (non-hydrogen) atoms. The molecule has 0 saturated heterocycles. The molecule has 4 heteroatoms. The Labute approximate surface area is 126 Å². The molecule has 0 bridgehead atoms. The number of esters is 1. The summed E-state index contributed by atoms with van der Waals surface area (Å²) in [5, 5.41) is 3.24. The van der Waals surface area contributed by atoms with E-state index in [4.69, 9.17) is 9.47 Å². The van der Waals surface area contributed by atoms with Gasteiger partial charge in [-0.05, 0) is 37.0 Å². The van der Waals surface area contributed by atoms with Crippen molar-refractivity contribution in [2.75, 3.05) is 19.8 Å². The van der Waals surface area contributed by atoms with Crippen molar-refractivity contribution < 1.29 is 14.3 Å². The molecule has 0 amide bonds. The SMILES string of the molecule is CCOC(=O)CCNCc1ccc(OCCC2CC2)cc1. The summed E-state index contributed by atoms with van der Waals surface area (Å²) in [7, 11) is 0. The van der Waals surface area contributed by atoms with Crippen LogP contribution < -0.4 is 10.1 Å². The van der Waals surface area contributed by atoms with Crippen LogP contribution in [0.15, 0.2) is 24.3 Å². The fourth-order valence-corrected chi connectivity index (χ4v) is 2.11. The summed E-state index contributed by atoms with van der Waals surface area (Å²) in [6, 6.07) is 8.14. The van der Waals surface area contributed by atoms with E-state index in [9.17, 15) is 4.79 Å². The number of nitrogens with one attached hydrogen (secondary N) is 1. The maximum atomic E-state index is 11.2. The van der Waals surface area contributed by atoms with Crippen LogP contribution in [0.2, 0.25) is 0 Å². The molecule has 0 heterocycles. The average Bonchev–Trinajstić information content (AvgIpc) is 3.30. The van der Waals surface area contributed by atoms with Crippen LogP contribution in [0.4, 0.5) is 0 Å². The maximum Gasteiger partial charge on any atom is 0.307 e. The zero-order valence-corrected chi connectivity index (χ0v) is 12.8. The van der Waals surface area contributed by atoms with E-state index in [1.165, 1.54) is 24.8 Å². The van der Waals surface area contributed by atoms with Gasteiger partial charge in [-0.3, -0.25) is 4.79 Å². The van der Waals surface area contributed by atoms with Crippen LogP contribution in [0.1, 0.15) is 38.2 Å². The van der Waals surface area contributed by atoms with Crippen LogP contribution in [-0.4, -0.2) is 25.7 Å². The minimum absolute atomic E-state index is 0.149. The number of hydrogen-bond acceptors (Lipinski definition) is 4. The summed E-state index contributed by atoms with van der Waals surface area (Å²) in [5.74, 6) is 1.70. The number of hydrogen-bond donors (Lipinski definition) is 1. The molecule has 0 spiro atoms. The number of rotatable bonds is 10. The Bertz CT molecular complexity index is 426. The largest absolute Gasteiger partial charge is 0.494 e. The van der Waals surface area contributed by atoms with Crippen molar-refractivity contribution in [3.8, 4) is 5.75 Å². The highest BCUT2D eigenvalue weighted by molar-refractivity contribution is 5.69. The molecule has 4 nitrogen and oxygen atoms in total. The molecule has 1 N–H and O–H groups in total. The summed E-state index contributed by atoms with van der Waals surface area (Å²) in [6.45, 7) is 4.47. The van der Waals surface area contributed by atoms with Crippen molar-refractivity contribution in [1.29, 1.82) is 0 Å². The van der Waals surface area contributed by atoms with Gasteiger partial charge in [-0.15, -0.1) is 0 Å². The minimum atomic E-state index is -0.149. The van der Waals surface area contributed by atoms with Crippen LogP contribution in [0.25, 0.3) is 0 Å². The van der Waals surface area contributed by atoms with Crippen LogP contribution >= 0.6 is 0 Å². The zero-order valence-electron chi connectivity index (χ0n) is 12.8. The van der Waals surface area contributed by atoms with Crippen molar-refractivity contribution in [3.63, 3.8) is 0 Å². The van der Waals surface area contributed by atoms with Crippen LogP contribution in [0, 0.1) is 5.92 Å². The Kier molecular flexibility index (Phi) is 6.54.